The Morgan fingerprint density at radius 3 is 2.21 bits per heavy atom. The summed E-state index contributed by atoms with van der Waals surface area (Å²) in [7, 11) is -1.60. The fraction of sp³-hybridized carbons (Fsp3) is 0.609. The number of carbonyl (C=O) groups excluding carboxylic acids is 2. The molecule has 34 heavy (non-hydrogen) atoms. The molecule has 0 radical (unpaired) electrons. The lowest BCUT2D eigenvalue weighted by molar-refractivity contribution is -0.384. The zero-order valence-corrected chi connectivity index (χ0v) is 21.9. The summed E-state index contributed by atoms with van der Waals surface area (Å²) in [4.78, 5) is 49.2. The molecule has 0 spiro atoms. The van der Waals surface area contributed by atoms with Crippen LogP contribution in [-0.4, -0.2) is 60.0 Å². The Bertz CT molecular complexity index is 943. The van der Waals surface area contributed by atoms with Gasteiger partial charge in [0, 0.05) is 12.1 Å². The van der Waals surface area contributed by atoms with E-state index in [1.807, 2.05) is 40.8 Å². The van der Waals surface area contributed by atoms with Crippen LogP contribution in [-0.2, 0) is 30.2 Å². The number of esters is 1. The van der Waals surface area contributed by atoms with Gasteiger partial charge in [-0.2, -0.15) is 0 Å². The molecule has 1 heterocycles. The molecule has 10 nitrogen and oxygen atoms in total. The average Bonchev–Trinajstić information content (AvgIpc) is 2.72. The van der Waals surface area contributed by atoms with Gasteiger partial charge in [0.2, 0.25) is 5.91 Å². The van der Waals surface area contributed by atoms with Crippen molar-refractivity contribution in [1.82, 2.24) is 4.90 Å². The van der Waals surface area contributed by atoms with E-state index >= 15 is 0 Å². The van der Waals surface area contributed by atoms with Crippen LogP contribution in [0.25, 0.3) is 0 Å². The molecule has 4 atom stereocenters. The number of carbonyl (C=O) groups is 3. The molecular formula is C23H34N2O8Si. The molecule has 1 aromatic rings. The number of nitro groups is 1. The number of ether oxygens (including phenoxy) is 1. The van der Waals surface area contributed by atoms with Gasteiger partial charge in [-0.25, -0.2) is 0 Å². The second kappa shape index (κ2) is 10.2. The second-order valence-corrected chi connectivity index (χ2v) is 12.5. The lowest BCUT2D eigenvalue weighted by Gasteiger charge is -2.59. The van der Waals surface area contributed by atoms with E-state index in [-0.39, 0.29) is 24.7 Å². The highest BCUT2D eigenvalue weighted by Crippen LogP contribution is 2.49. The van der Waals surface area contributed by atoms with Crippen LogP contribution < -0.4 is 0 Å². The number of likely N-dealkylation sites (tertiary alicyclic amines) is 1. The third-order valence-electron chi connectivity index (χ3n) is 6.56. The molecule has 1 fully saturated rings. The largest absolute Gasteiger partial charge is 0.481 e. The van der Waals surface area contributed by atoms with Gasteiger partial charge in [0.05, 0.1) is 28.4 Å². The summed E-state index contributed by atoms with van der Waals surface area (Å²) < 4.78 is 11.6. The third-order valence-corrected chi connectivity index (χ3v) is 7.52. The minimum atomic E-state index is -1.60. The van der Waals surface area contributed by atoms with E-state index in [1.54, 1.807) is 0 Å². The van der Waals surface area contributed by atoms with E-state index in [2.05, 4.69) is 0 Å². The predicted molar refractivity (Wildman–Crippen MR) is 127 cm³/mol. The maximum atomic E-state index is 13.3. The minimum absolute atomic E-state index is 0.0774. The van der Waals surface area contributed by atoms with Crippen LogP contribution in [0.1, 0.15) is 40.2 Å². The first kappa shape index (κ1) is 27.5. The summed E-state index contributed by atoms with van der Waals surface area (Å²) in [6, 6.07) is 4.85. The number of carboxylic acids is 1. The van der Waals surface area contributed by atoms with Crippen molar-refractivity contribution in [1.29, 1.82) is 0 Å². The first-order chi connectivity index (χ1) is 15.6. The lowest BCUT2D eigenvalue weighted by atomic mass is 9.61. The molecule has 1 saturated heterocycles. The Morgan fingerprint density at radius 2 is 1.76 bits per heavy atom. The van der Waals surface area contributed by atoms with Crippen LogP contribution >= 0.6 is 0 Å². The Morgan fingerprint density at radius 1 is 1.21 bits per heavy atom. The first-order valence-electron chi connectivity index (χ1n) is 11.2. The van der Waals surface area contributed by atoms with E-state index in [1.165, 1.54) is 36.1 Å². The smallest absolute Gasteiger partial charge is 0.325 e. The molecule has 1 aliphatic heterocycles. The molecule has 0 aliphatic carbocycles. The quantitative estimate of drug-likeness (QED) is 0.172. The van der Waals surface area contributed by atoms with Crippen molar-refractivity contribution in [3.63, 3.8) is 0 Å². The fourth-order valence-electron chi connectivity index (χ4n) is 4.29. The van der Waals surface area contributed by atoms with Crippen LogP contribution in [0.4, 0.5) is 5.69 Å². The standard InChI is InChI=1S/C23H34N2O8Si/c1-14(21(28)29)19-18(23(5,22(2,3)4)33-34(6)7)20(27)24(19)12-17(26)32-13-15-8-10-16(11-9-15)25(30)31/h8-11,14,18-19,34H,12-13H2,1-7H3,(H,28,29)/t14-,18-,19-,23-/m1/s1. The third kappa shape index (κ3) is 5.64. The average molecular weight is 495 g/mol. The number of amides is 1. The Kier molecular flexibility index (Phi) is 8.25. The number of aliphatic carboxylic acids is 1. The van der Waals surface area contributed by atoms with Gasteiger partial charge >= 0.3 is 11.9 Å². The summed E-state index contributed by atoms with van der Waals surface area (Å²) in [5.41, 5.74) is -0.883. The zero-order valence-electron chi connectivity index (χ0n) is 20.7. The van der Waals surface area contributed by atoms with Crippen LogP contribution in [0.3, 0.4) is 0 Å². The number of hydrogen-bond donors (Lipinski definition) is 1. The summed E-state index contributed by atoms with van der Waals surface area (Å²) in [5, 5.41) is 20.5. The maximum absolute atomic E-state index is 13.3. The Hall–Kier alpha value is -2.79. The Labute approximate surface area is 201 Å². The van der Waals surface area contributed by atoms with Gasteiger partial charge in [-0.15, -0.1) is 0 Å². The maximum Gasteiger partial charge on any atom is 0.325 e. The van der Waals surface area contributed by atoms with E-state index in [0.717, 1.165) is 0 Å². The summed E-state index contributed by atoms with van der Waals surface area (Å²) in [6.07, 6.45) is 0. The van der Waals surface area contributed by atoms with Gasteiger partial charge in [0.25, 0.3) is 5.69 Å². The highest BCUT2D eigenvalue weighted by Gasteiger charge is 2.63. The van der Waals surface area contributed by atoms with Crippen molar-refractivity contribution in [3.8, 4) is 0 Å². The van der Waals surface area contributed by atoms with Gasteiger partial charge in [-0.3, -0.25) is 24.5 Å². The van der Waals surface area contributed by atoms with E-state index in [9.17, 15) is 29.6 Å². The molecule has 0 unspecified atom stereocenters. The van der Waals surface area contributed by atoms with Gasteiger partial charge < -0.3 is 19.2 Å². The molecule has 11 heteroatoms. The molecule has 188 valence electrons. The van der Waals surface area contributed by atoms with Crippen molar-refractivity contribution < 1.29 is 33.6 Å². The van der Waals surface area contributed by atoms with Crippen molar-refractivity contribution in [3.05, 3.63) is 39.9 Å². The number of carboxylic acid groups (broad SMARTS) is 1. The fourth-order valence-corrected chi connectivity index (χ4v) is 5.77. The lowest BCUT2D eigenvalue weighted by Crippen LogP contribution is -2.74. The molecule has 0 bridgehead atoms. The number of hydrogen-bond acceptors (Lipinski definition) is 7. The zero-order chi connectivity index (χ0) is 26.0. The van der Waals surface area contributed by atoms with Crippen molar-refractivity contribution >= 4 is 32.6 Å². The summed E-state index contributed by atoms with van der Waals surface area (Å²) in [5.74, 6) is -3.72. The SMILES string of the molecule is C[C@@H](C(=O)O)[C@@H]1[C@@H]([C@@](C)(O[SiH](C)C)C(C)(C)C)C(=O)N1CC(=O)OCc1ccc([N+](=O)[O-])cc1. The number of nitrogens with zero attached hydrogens (tertiary/aromatic N) is 2. The number of benzene rings is 1. The van der Waals surface area contributed by atoms with Crippen molar-refractivity contribution in [2.24, 2.45) is 17.3 Å². The van der Waals surface area contributed by atoms with Crippen LogP contribution in [0.15, 0.2) is 24.3 Å². The van der Waals surface area contributed by atoms with Gasteiger partial charge in [0.1, 0.15) is 13.2 Å². The molecule has 1 aliphatic rings. The number of nitro benzene ring substituents is 1. The van der Waals surface area contributed by atoms with E-state index < -0.39 is 54.8 Å². The monoisotopic (exact) mass is 494 g/mol. The predicted octanol–water partition coefficient (Wildman–Crippen LogP) is 2.99. The molecule has 0 saturated carbocycles. The molecular weight excluding hydrogens is 460 g/mol. The molecule has 0 aromatic heterocycles. The van der Waals surface area contributed by atoms with Gasteiger partial charge in [-0.1, -0.05) is 20.8 Å². The normalized spacial score (nSPS) is 20.9. The van der Waals surface area contributed by atoms with Crippen LogP contribution in [0.2, 0.25) is 13.1 Å². The first-order valence-corrected chi connectivity index (χ1v) is 14.0. The van der Waals surface area contributed by atoms with Gasteiger partial charge in [-0.05, 0) is 50.1 Å². The summed E-state index contributed by atoms with van der Waals surface area (Å²) in [6.45, 7) is 12.7. The van der Waals surface area contributed by atoms with E-state index in [0.29, 0.717) is 5.56 Å². The second-order valence-electron chi connectivity index (χ2n) is 10.2. The highest BCUT2D eigenvalue weighted by molar-refractivity contribution is 6.48. The highest BCUT2D eigenvalue weighted by atomic mass is 28.3. The van der Waals surface area contributed by atoms with Crippen LogP contribution in [0.5, 0.6) is 0 Å². The Balaban J connectivity index is 2.19. The molecule has 1 aromatic carbocycles. The summed E-state index contributed by atoms with van der Waals surface area (Å²) >= 11 is 0. The van der Waals surface area contributed by atoms with Crippen molar-refractivity contribution in [2.45, 2.75) is 66.0 Å². The van der Waals surface area contributed by atoms with Crippen LogP contribution in [0, 0.1) is 27.4 Å². The molecule has 1 amide bonds. The van der Waals surface area contributed by atoms with E-state index in [4.69, 9.17) is 9.16 Å². The molecule has 1 N–H and O–H groups in total. The molecule has 2 rings (SSSR count). The van der Waals surface area contributed by atoms with Crippen molar-refractivity contribution in [2.75, 3.05) is 6.54 Å². The number of non-ortho nitro benzene ring substituents is 1. The number of rotatable bonds is 10. The minimum Gasteiger partial charge on any atom is -0.481 e. The topological polar surface area (TPSA) is 136 Å². The number of β-lactam (4-membered cyclic amide) rings is 1. The van der Waals surface area contributed by atoms with Gasteiger partial charge in [0.15, 0.2) is 9.04 Å².